The van der Waals surface area contributed by atoms with Gasteiger partial charge in [0.05, 0.1) is 6.61 Å². The largest absolute Gasteiger partial charge is 0.444 e. The number of aliphatic hydroxyl groups excluding tert-OH is 1. The molecule has 1 heterocycles. The second kappa shape index (κ2) is 8.25. The van der Waals surface area contributed by atoms with Gasteiger partial charge in [0.25, 0.3) is 0 Å². The number of hydrogen-bond donors (Lipinski definition) is 2. The Hall–Kier alpha value is -0.460. The van der Waals surface area contributed by atoms with Crippen LogP contribution in [-0.2, 0) is 4.74 Å². The second-order valence-electron chi connectivity index (χ2n) is 6.65. The predicted molar refractivity (Wildman–Crippen MR) is 87.8 cm³/mol. The number of nitrogens with one attached hydrogen (secondary N) is 1. The van der Waals surface area contributed by atoms with E-state index in [2.05, 4.69) is 12.2 Å². The van der Waals surface area contributed by atoms with E-state index in [4.69, 9.17) is 4.74 Å². The fourth-order valence-corrected chi connectivity index (χ4v) is 3.11. The Labute approximate surface area is 132 Å². The number of piperidine rings is 1. The fourth-order valence-electron chi connectivity index (χ4n) is 2.47. The third kappa shape index (κ3) is 6.45. The Bertz CT molecular complexity index is 321. The van der Waals surface area contributed by atoms with Gasteiger partial charge in [-0.3, -0.25) is 0 Å². The summed E-state index contributed by atoms with van der Waals surface area (Å²) in [6.45, 7) is 9.41. The molecule has 0 radical (unpaired) electrons. The number of ether oxygens (including phenoxy) is 1. The van der Waals surface area contributed by atoms with Crippen LogP contribution in [0.25, 0.3) is 0 Å². The van der Waals surface area contributed by atoms with Gasteiger partial charge in [-0.15, -0.1) is 0 Å². The minimum absolute atomic E-state index is 0.187. The highest BCUT2D eigenvalue weighted by atomic mass is 32.2. The Balaban J connectivity index is 2.37. The molecule has 1 fully saturated rings. The molecule has 2 atom stereocenters. The van der Waals surface area contributed by atoms with Crippen LogP contribution >= 0.6 is 11.8 Å². The van der Waals surface area contributed by atoms with Crippen molar-refractivity contribution in [2.45, 2.75) is 63.5 Å². The third-order valence-electron chi connectivity index (χ3n) is 3.69. The van der Waals surface area contributed by atoms with Crippen molar-refractivity contribution in [1.29, 1.82) is 0 Å². The number of carbonyl (C=O) groups is 1. The lowest BCUT2D eigenvalue weighted by Crippen LogP contribution is -2.50. The summed E-state index contributed by atoms with van der Waals surface area (Å²) >= 11 is 1.68. The average Bonchev–Trinajstić information content (AvgIpc) is 2.39. The van der Waals surface area contributed by atoms with Crippen molar-refractivity contribution in [2.24, 2.45) is 0 Å². The molecule has 0 aromatic rings. The summed E-state index contributed by atoms with van der Waals surface area (Å²) in [7, 11) is 0. The highest BCUT2D eigenvalue weighted by Crippen LogP contribution is 2.17. The van der Waals surface area contributed by atoms with Crippen LogP contribution in [0.1, 0.15) is 40.5 Å². The van der Waals surface area contributed by atoms with Crippen LogP contribution in [0.4, 0.5) is 4.79 Å². The maximum Gasteiger partial charge on any atom is 0.410 e. The number of amides is 1. The molecule has 5 nitrogen and oxygen atoms in total. The summed E-state index contributed by atoms with van der Waals surface area (Å²) < 4.78 is 5.40. The summed E-state index contributed by atoms with van der Waals surface area (Å²) in [4.78, 5) is 13.8. The maximum atomic E-state index is 12.0. The standard InChI is InChI=1S/C15H30N2O3S/c1-11(13(10-18)21-5)16-12-6-8-17(9-7-12)14(19)20-15(2,3)4/h11-13,16,18H,6-10H2,1-5H3. The van der Waals surface area contributed by atoms with Crippen molar-refractivity contribution >= 4 is 17.9 Å². The van der Waals surface area contributed by atoms with Crippen LogP contribution in [0.3, 0.4) is 0 Å². The van der Waals surface area contributed by atoms with Crippen molar-refractivity contribution in [3.8, 4) is 0 Å². The number of nitrogens with zero attached hydrogens (tertiary/aromatic N) is 1. The molecule has 21 heavy (non-hydrogen) atoms. The molecular weight excluding hydrogens is 288 g/mol. The Kier molecular flexibility index (Phi) is 7.30. The molecule has 2 unspecified atom stereocenters. The van der Waals surface area contributed by atoms with Gasteiger partial charge in [-0.05, 0) is 46.8 Å². The molecule has 0 saturated carbocycles. The Morgan fingerprint density at radius 1 is 1.43 bits per heavy atom. The first kappa shape index (κ1) is 18.6. The highest BCUT2D eigenvalue weighted by Gasteiger charge is 2.28. The van der Waals surface area contributed by atoms with E-state index >= 15 is 0 Å². The number of thioether (sulfide) groups is 1. The molecule has 6 heteroatoms. The first-order valence-corrected chi connectivity index (χ1v) is 8.93. The zero-order valence-corrected chi connectivity index (χ0v) is 14.7. The second-order valence-corrected chi connectivity index (χ2v) is 7.73. The van der Waals surface area contributed by atoms with Crippen molar-refractivity contribution in [3.63, 3.8) is 0 Å². The van der Waals surface area contributed by atoms with Crippen LogP contribution in [0.15, 0.2) is 0 Å². The summed E-state index contributed by atoms with van der Waals surface area (Å²) in [5, 5.41) is 13.1. The van der Waals surface area contributed by atoms with Gasteiger partial charge in [-0.2, -0.15) is 11.8 Å². The molecule has 0 spiro atoms. The average molecular weight is 318 g/mol. The van der Waals surface area contributed by atoms with Crippen molar-refractivity contribution in [1.82, 2.24) is 10.2 Å². The normalized spacial score (nSPS) is 20.2. The number of rotatable bonds is 5. The fraction of sp³-hybridized carbons (Fsp3) is 0.933. The third-order valence-corrected chi connectivity index (χ3v) is 4.85. The van der Waals surface area contributed by atoms with E-state index in [-0.39, 0.29) is 24.0 Å². The topological polar surface area (TPSA) is 61.8 Å². The van der Waals surface area contributed by atoms with Gasteiger partial charge < -0.3 is 20.1 Å². The Morgan fingerprint density at radius 2 is 2.00 bits per heavy atom. The molecule has 0 aliphatic carbocycles. The number of hydrogen-bond acceptors (Lipinski definition) is 5. The molecule has 1 aliphatic heterocycles. The number of aliphatic hydroxyl groups is 1. The SMILES string of the molecule is CSC(CO)C(C)NC1CCN(C(=O)OC(C)(C)C)CC1. The van der Waals surface area contributed by atoms with Gasteiger partial charge in [0.1, 0.15) is 5.60 Å². The van der Waals surface area contributed by atoms with Crippen molar-refractivity contribution < 1.29 is 14.6 Å². The van der Waals surface area contributed by atoms with E-state index in [1.165, 1.54) is 0 Å². The van der Waals surface area contributed by atoms with Crippen LogP contribution in [0, 0.1) is 0 Å². The van der Waals surface area contributed by atoms with Gasteiger partial charge in [-0.1, -0.05) is 0 Å². The van der Waals surface area contributed by atoms with Gasteiger partial charge in [-0.25, -0.2) is 4.79 Å². The Morgan fingerprint density at radius 3 is 2.43 bits per heavy atom. The first-order valence-electron chi connectivity index (χ1n) is 7.64. The zero-order valence-electron chi connectivity index (χ0n) is 13.9. The molecule has 2 N–H and O–H groups in total. The maximum absolute atomic E-state index is 12.0. The van der Waals surface area contributed by atoms with Crippen LogP contribution in [0.2, 0.25) is 0 Å². The monoisotopic (exact) mass is 318 g/mol. The molecule has 0 aromatic heterocycles. The van der Waals surface area contributed by atoms with Crippen LogP contribution in [-0.4, -0.2) is 65.0 Å². The number of likely N-dealkylation sites (tertiary alicyclic amines) is 1. The van der Waals surface area contributed by atoms with Crippen LogP contribution < -0.4 is 5.32 Å². The molecule has 124 valence electrons. The minimum Gasteiger partial charge on any atom is -0.444 e. The summed E-state index contributed by atoms with van der Waals surface area (Å²) in [5.74, 6) is 0. The van der Waals surface area contributed by atoms with E-state index in [0.29, 0.717) is 6.04 Å². The smallest absolute Gasteiger partial charge is 0.410 e. The van der Waals surface area contributed by atoms with Gasteiger partial charge in [0.15, 0.2) is 0 Å². The summed E-state index contributed by atoms with van der Waals surface area (Å²) in [6, 6.07) is 0.669. The highest BCUT2D eigenvalue weighted by molar-refractivity contribution is 7.99. The van der Waals surface area contributed by atoms with Crippen molar-refractivity contribution in [3.05, 3.63) is 0 Å². The van der Waals surface area contributed by atoms with E-state index in [0.717, 1.165) is 25.9 Å². The van der Waals surface area contributed by atoms with E-state index in [9.17, 15) is 9.90 Å². The minimum atomic E-state index is -0.437. The quantitative estimate of drug-likeness (QED) is 0.813. The van der Waals surface area contributed by atoms with Crippen LogP contribution in [0.5, 0.6) is 0 Å². The molecule has 1 saturated heterocycles. The number of carbonyl (C=O) groups excluding carboxylic acids is 1. The van der Waals surface area contributed by atoms with E-state index in [1.54, 1.807) is 16.7 Å². The lowest BCUT2D eigenvalue weighted by atomic mass is 10.0. The predicted octanol–water partition coefficient (Wildman–Crippen LogP) is 2.09. The lowest BCUT2D eigenvalue weighted by molar-refractivity contribution is 0.0196. The zero-order chi connectivity index (χ0) is 16.0. The van der Waals surface area contributed by atoms with E-state index < -0.39 is 5.60 Å². The first-order chi connectivity index (χ1) is 9.76. The van der Waals surface area contributed by atoms with Gasteiger partial charge in [0, 0.05) is 30.4 Å². The summed E-state index contributed by atoms with van der Waals surface area (Å²) in [5.41, 5.74) is -0.437. The molecule has 1 rings (SSSR count). The molecule has 1 aliphatic rings. The molecule has 1 amide bonds. The summed E-state index contributed by atoms with van der Waals surface area (Å²) in [6.07, 6.45) is 3.66. The molecule has 0 aromatic carbocycles. The van der Waals surface area contributed by atoms with Gasteiger partial charge >= 0.3 is 6.09 Å². The van der Waals surface area contributed by atoms with E-state index in [1.807, 2.05) is 27.0 Å². The van der Waals surface area contributed by atoms with Gasteiger partial charge in [0.2, 0.25) is 0 Å². The molecular formula is C15H30N2O3S. The van der Waals surface area contributed by atoms with Crippen molar-refractivity contribution in [2.75, 3.05) is 26.0 Å². The lowest BCUT2D eigenvalue weighted by Gasteiger charge is -2.35. The molecule has 0 bridgehead atoms.